The quantitative estimate of drug-likeness (QED) is 0.365. The van der Waals surface area contributed by atoms with Gasteiger partial charge >= 0.3 is 46.1 Å². The maximum absolute atomic E-state index is 12.9. The molecule has 4 aromatic carbocycles. The summed E-state index contributed by atoms with van der Waals surface area (Å²) in [6.45, 7) is 0. The Morgan fingerprint density at radius 1 is 0.364 bits per heavy atom. The molecule has 156 valence electrons. The zero-order valence-corrected chi connectivity index (χ0v) is 22.6. The number of para-hydroxylation sites is 4. The minimum atomic E-state index is -0.233. The second-order valence-corrected chi connectivity index (χ2v) is 9.62. The number of benzene rings is 4. The predicted molar refractivity (Wildman–Crippen MR) is 127 cm³/mol. The second kappa shape index (κ2) is 12.9. The van der Waals surface area contributed by atoms with Gasteiger partial charge in [0.05, 0.1) is 0 Å². The van der Waals surface area contributed by atoms with E-state index in [-0.39, 0.29) is 69.1 Å². The molecule has 0 N–H and O–H groups in total. The van der Waals surface area contributed by atoms with Crippen LogP contribution in [0.15, 0.2) is 114 Å². The van der Waals surface area contributed by atoms with Crippen LogP contribution in [0.1, 0.15) is 0 Å². The standard InChI is InChI=1S/C24H18O4S3.2Mg/c25-15-7-1-3-9-17(15)29-19-11-5-13-21(23(19)27)31-22-14-6-12-20(24(22)28)30-18-10-4-2-8-16(18)26;;/h1-14,25-28H;;/q;2*+2/p-4. The molecular weight excluding hydrogens is 497 g/mol. The molecule has 9 heteroatoms. The topological polar surface area (TPSA) is 92.2 Å². The van der Waals surface area contributed by atoms with Gasteiger partial charge in [-0.15, -0.1) is 0 Å². The van der Waals surface area contributed by atoms with Gasteiger partial charge in [-0.2, -0.15) is 0 Å². The molecule has 0 heterocycles. The number of hydrogen-bond acceptors (Lipinski definition) is 7. The van der Waals surface area contributed by atoms with E-state index >= 15 is 0 Å². The van der Waals surface area contributed by atoms with Gasteiger partial charge in [0.2, 0.25) is 0 Å². The summed E-state index contributed by atoms with van der Waals surface area (Å²) in [6.07, 6.45) is 0. The summed E-state index contributed by atoms with van der Waals surface area (Å²) in [7, 11) is 0. The van der Waals surface area contributed by atoms with Crippen molar-refractivity contribution < 1.29 is 20.4 Å². The molecule has 0 aromatic heterocycles. The van der Waals surface area contributed by atoms with Gasteiger partial charge in [0, 0.05) is 29.4 Å². The fraction of sp³-hybridized carbons (Fsp3) is 0. The van der Waals surface area contributed by atoms with Crippen LogP contribution < -0.4 is 20.4 Å². The summed E-state index contributed by atoms with van der Waals surface area (Å²) in [5.41, 5.74) is 0. The van der Waals surface area contributed by atoms with E-state index in [0.717, 1.165) is 35.3 Å². The van der Waals surface area contributed by atoms with E-state index in [1.54, 1.807) is 72.8 Å². The third-order valence-corrected chi connectivity index (χ3v) is 7.52. The van der Waals surface area contributed by atoms with Crippen molar-refractivity contribution in [3.05, 3.63) is 84.9 Å². The summed E-state index contributed by atoms with van der Waals surface area (Å²) in [6, 6.07) is 23.2. The average molecular weight is 511 g/mol. The molecule has 4 rings (SSSR count). The van der Waals surface area contributed by atoms with Crippen LogP contribution in [-0.2, 0) is 0 Å². The maximum atomic E-state index is 12.9. The van der Waals surface area contributed by atoms with E-state index in [0.29, 0.717) is 29.4 Å². The van der Waals surface area contributed by atoms with Crippen molar-refractivity contribution in [2.24, 2.45) is 0 Å². The van der Waals surface area contributed by atoms with Gasteiger partial charge in [-0.3, -0.25) is 0 Å². The summed E-state index contributed by atoms with van der Waals surface area (Å²) >= 11 is 3.33. The Hall–Kier alpha value is -1.34. The molecule has 0 atom stereocenters. The third-order valence-electron chi connectivity index (χ3n) is 4.24. The van der Waals surface area contributed by atoms with Gasteiger partial charge in [-0.05, 0) is 36.4 Å². The van der Waals surface area contributed by atoms with Crippen LogP contribution in [0.5, 0.6) is 23.0 Å². The molecule has 0 saturated heterocycles. The normalized spacial score (nSPS) is 10.2. The van der Waals surface area contributed by atoms with E-state index in [1.165, 1.54) is 12.1 Å². The Balaban J connectivity index is 0.00000193. The largest absolute Gasteiger partial charge is 2.00 e. The number of rotatable bonds is 6. The third kappa shape index (κ3) is 6.85. The second-order valence-electron chi connectivity index (χ2n) is 6.37. The summed E-state index contributed by atoms with van der Waals surface area (Å²) in [5, 5.41) is 49.8. The Morgan fingerprint density at radius 3 is 0.970 bits per heavy atom. The molecule has 0 spiro atoms. The Kier molecular flexibility index (Phi) is 10.9. The van der Waals surface area contributed by atoms with Crippen molar-refractivity contribution in [2.45, 2.75) is 29.4 Å². The summed E-state index contributed by atoms with van der Waals surface area (Å²) in [5.74, 6) is -0.753. The van der Waals surface area contributed by atoms with Crippen LogP contribution >= 0.6 is 35.3 Å². The van der Waals surface area contributed by atoms with Crippen molar-refractivity contribution in [1.29, 1.82) is 0 Å². The van der Waals surface area contributed by atoms with E-state index < -0.39 is 0 Å². The van der Waals surface area contributed by atoms with Gasteiger partial charge in [-0.25, -0.2) is 0 Å². The Labute approximate surface area is 237 Å². The summed E-state index contributed by atoms with van der Waals surface area (Å²) in [4.78, 5) is 2.59. The van der Waals surface area contributed by atoms with Crippen LogP contribution in [0.4, 0.5) is 0 Å². The smallest absolute Gasteiger partial charge is 0.872 e. The molecule has 0 unspecified atom stereocenters. The monoisotopic (exact) mass is 510 g/mol. The predicted octanol–water partition coefficient (Wildman–Crippen LogP) is 3.67. The molecule has 0 aliphatic heterocycles. The van der Waals surface area contributed by atoms with Crippen LogP contribution in [0.25, 0.3) is 0 Å². The Bertz CT molecular complexity index is 1140. The van der Waals surface area contributed by atoms with Crippen LogP contribution in [0, 0.1) is 0 Å². The van der Waals surface area contributed by atoms with Crippen molar-refractivity contribution in [3.8, 4) is 23.0 Å². The minimum Gasteiger partial charge on any atom is -0.872 e. The summed E-state index contributed by atoms with van der Waals surface area (Å²) < 4.78 is 0. The molecule has 0 aliphatic rings. The van der Waals surface area contributed by atoms with Gasteiger partial charge in [-0.1, -0.05) is 107 Å². The van der Waals surface area contributed by atoms with Crippen molar-refractivity contribution in [2.75, 3.05) is 0 Å². The molecule has 33 heavy (non-hydrogen) atoms. The van der Waals surface area contributed by atoms with Gasteiger partial charge in [0.15, 0.2) is 0 Å². The van der Waals surface area contributed by atoms with Crippen molar-refractivity contribution in [3.63, 3.8) is 0 Å². The molecular formula is C24H14Mg2O4S3. The van der Waals surface area contributed by atoms with Crippen LogP contribution in [0.2, 0.25) is 0 Å². The zero-order valence-electron chi connectivity index (χ0n) is 17.4. The van der Waals surface area contributed by atoms with E-state index in [4.69, 9.17) is 0 Å². The van der Waals surface area contributed by atoms with Crippen LogP contribution in [0.3, 0.4) is 0 Å². The minimum absolute atomic E-state index is 0. The zero-order chi connectivity index (χ0) is 21.8. The average Bonchev–Trinajstić information content (AvgIpc) is 2.76. The van der Waals surface area contributed by atoms with Gasteiger partial charge in [0.1, 0.15) is 0 Å². The first-order valence-corrected chi connectivity index (χ1v) is 11.6. The first-order chi connectivity index (χ1) is 15.0. The van der Waals surface area contributed by atoms with E-state index in [9.17, 15) is 20.4 Å². The van der Waals surface area contributed by atoms with Crippen LogP contribution in [-0.4, -0.2) is 46.1 Å². The Morgan fingerprint density at radius 2 is 0.636 bits per heavy atom. The molecule has 0 radical (unpaired) electrons. The molecule has 0 fully saturated rings. The molecule has 0 bridgehead atoms. The van der Waals surface area contributed by atoms with Gasteiger partial charge < -0.3 is 20.4 Å². The molecule has 0 saturated carbocycles. The molecule has 4 aromatic rings. The maximum Gasteiger partial charge on any atom is 2.00 e. The molecule has 0 amide bonds. The first-order valence-electron chi connectivity index (χ1n) is 9.18. The first kappa shape index (κ1) is 27.9. The molecule has 4 nitrogen and oxygen atoms in total. The molecule has 0 aliphatic carbocycles. The van der Waals surface area contributed by atoms with Gasteiger partial charge in [0.25, 0.3) is 0 Å². The SMILES string of the molecule is [Mg+2].[Mg+2].[O-]c1ccccc1Sc1cccc(Sc2cccc(Sc3ccccc3[O-])c2[O-])c1[O-]. The fourth-order valence-corrected chi connectivity index (χ4v) is 5.60. The van der Waals surface area contributed by atoms with E-state index in [2.05, 4.69) is 0 Å². The van der Waals surface area contributed by atoms with E-state index in [1.807, 2.05) is 0 Å². The van der Waals surface area contributed by atoms with Crippen molar-refractivity contribution >= 4 is 81.4 Å². The fourth-order valence-electron chi connectivity index (χ4n) is 2.74. The number of hydrogen-bond donors (Lipinski definition) is 0. The van der Waals surface area contributed by atoms with Crippen molar-refractivity contribution in [1.82, 2.24) is 0 Å².